The molecule has 1 amide bonds. The normalized spacial score (nSPS) is 17.5. The van der Waals surface area contributed by atoms with Gasteiger partial charge >= 0.3 is 6.09 Å². The molecule has 0 unspecified atom stereocenters. The van der Waals surface area contributed by atoms with Crippen LogP contribution in [0.1, 0.15) is 39.2 Å². The Balaban J connectivity index is 1.58. The van der Waals surface area contributed by atoms with Gasteiger partial charge in [0.15, 0.2) is 0 Å². The summed E-state index contributed by atoms with van der Waals surface area (Å²) in [5, 5.41) is 0. The van der Waals surface area contributed by atoms with Crippen molar-refractivity contribution in [2.45, 2.75) is 55.9 Å². The Hall–Kier alpha value is -2.14. The summed E-state index contributed by atoms with van der Waals surface area (Å²) in [6, 6.07) is 17.8. The van der Waals surface area contributed by atoms with Crippen molar-refractivity contribution in [3.63, 3.8) is 0 Å². The van der Waals surface area contributed by atoms with Crippen molar-refractivity contribution in [3.8, 4) is 0 Å². The minimum absolute atomic E-state index is 0.196. The molecule has 0 spiro atoms. The van der Waals surface area contributed by atoms with Gasteiger partial charge in [-0.05, 0) is 57.4 Å². The van der Waals surface area contributed by atoms with Crippen LogP contribution in [0.5, 0.6) is 0 Å². The third-order valence-corrected chi connectivity index (χ3v) is 6.35. The summed E-state index contributed by atoms with van der Waals surface area (Å²) in [5.74, 6) is 0.987. The highest BCUT2D eigenvalue weighted by molar-refractivity contribution is 7.98. The summed E-state index contributed by atoms with van der Waals surface area (Å²) in [6.45, 7) is 7.21. The molecule has 4 nitrogen and oxygen atoms in total. The van der Waals surface area contributed by atoms with E-state index in [1.54, 1.807) is 0 Å². The smallest absolute Gasteiger partial charge is 0.410 e. The average Bonchev–Trinajstić information content (AvgIpc) is 2.84. The van der Waals surface area contributed by atoms with Crippen molar-refractivity contribution in [2.75, 3.05) is 18.0 Å². The van der Waals surface area contributed by atoms with Gasteiger partial charge in [-0.15, -0.1) is 11.8 Å². The molecule has 2 heterocycles. The van der Waals surface area contributed by atoms with Gasteiger partial charge in [-0.25, -0.2) is 4.79 Å². The second-order valence-electron chi connectivity index (χ2n) is 8.45. The van der Waals surface area contributed by atoms with E-state index in [9.17, 15) is 4.79 Å². The Labute approximate surface area is 171 Å². The van der Waals surface area contributed by atoms with E-state index in [4.69, 9.17) is 4.74 Å². The van der Waals surface area contributed by atoms with Crippen LogP contribution in [0, 0.1) is 0 Å². The minimum atomic E-state index is -0.451. The Bertz CT molecular complexity index is 806. The molecule has 4 rings (SSSR count). The Morgan fingerprint density at radius 3 is 2.36 bits per heavy atom. The van der Waals surface area contributed by atoms with E-state index in [0.717, 1.165) is 31.7 Å². The summed E-state index contributed by atoms with van der Waals surface area (Å²) < 4.78 is 5.56. The number of nitrogens with zero attached hydrogens (tertiary/aromatic N) is 2. The number of carbonyl (C=O) groups is 1. The molecule has 5 heteroatoms. The van der Waals surface area contributed by atoms with E-state index in [-0.39, 0.29) is 6.09 Å². The van der Waals surface area contributed by atoms with Gasteiger partial charge in [0.05, 0.1) is 5.69 Å². The molecule has 0 atom stereocenters. The zero-order chi connectivity index (χ0) is 19.7. The first-order valence-electron chi connectivity index (χ1n) is 9.99. The standard InChI is InChI=1S/C23H28N2O2S/c1-23(2,3)27-22(26)24-14-12-18(13-15-24)25-19-9-5-4-8-17(19)16-28-21-11-7-6-10-20(21)25/h4-11,18H,12-16H2,1-3H3. The van der Waals surface area contributed by atoms with E-state index in [1.165, 1.54) is 21.8 Å². The van der Waals surface area contributed by atoms with Gasteiger partial charge in [-0.2, -0.15) is 0 Å². The highest BCUT2D eigenvalue weighted by Gasteiger charge is 2.32. The first-order valence-corrected chi connectivity index (χ1v) is 11.0. The zero-order valence-corrected chi connectivity index (χ0v) is 17.7. The number of likely N-dealkylation sites (tertiary alicyclic amines) is 1. The molecule has 0 radical (unpaired) electrons. The molecular formula is C23H28N2O2S. The molecule has 2 aliphatic heterocycles. The zero-order valence-electron chi connectivity index (χ0n) is 16.9. The number of ether oxygens (including phenoxy) is 1. The lowest BCUT2D eigenvalue weighted by Gasteiger charge is -2.40. The molecule has 1 saturated heterocycles. The molecule has 0 aromatic heterocycles. The maximum atomic E-state index is 12.4. The molecule has 28 heavy (non-hydrogen) atoms. The first kappa shape index (κ1) is 19.2. The van der Waals surface area contributed by atoms with Crippen molar-refractivity contribution in [1.82, 2.24) is 4.90 Å². The predicted octanol–water partition coefficient (Wildman–Crippen LogP) is 5.83. The summed E-state index contributed by atoms with van der Waals surface area (Å²) in [4.78, 5) is 18.1. The summed E-state index contributed by atoms with van der Waals surface area (Å²) in [6.07, 6.45) is 1.68. The van der Waals surface area contributed by atoms with Gasteiger partial charge < -0.3 is 14.5 Å². The third-order valence-electron chi connectivity index (χ3n) is 5.24. The van der Waals surface area contributed by atoms with Crippen LogP contribution >= 0.6 is 11.8 Å². The van der Waals surface area contributed by atoms with Crippen LogP contribution in [0.2, 0.25) is 0 Å². The van der Waals surface area contributed by atoms with Crippen molar-refractivity contribution in [3.05, 3.63) is 54.1 Å². The molecule has 1 fully saturated rings. The number of hydrogen-bond donors (Lipinski definition) is 0. The van der Waals surface area contributed by atoms with E-state index >= 15 is 0 Å². The summed E-state index contributed by atoms with van der Waals surface area (Å²) in [7, 11) is 0. The fourth-order valence-electron chi connectivity index (χ4n) is 3.96. The number of anilines is 2. The van der Waals surface area contributed by atoms with Gasteiger partial charge in [-0.1, -0.05) is 30.3 Å². The number of benzene rings is 2. The van der Waals surface area contributed by atoms with Gasteiger partial charge in [0.25, 0.3) is 0 Å². The monoisotopic (exact) mass is 396 g/mol. The fraction of sp³-hybridized carbons (Fsp3) is 0.435. The van der Waals surface area contributed by atoms with Crippen molar-refractivity contribution in [2.24, 2.45) is 0 Å². The van der Waals surface area contributed by atoms with Crippen LogP contribution in [0.3, 0.4) is 0 Å². The van der Waals surface area contributed by atoms with E-state index in [2.05, 4.69) is 53.4 Å². The quantitative estimate of drug-likeness (QED) is 0.607. The Kier molecular flexibility index (Phi) is 5.28. The molecule has 148 valence electrons. The van der Waals surface area contributed by atoms with Crippen LogP contribution in [0.25, 0.3) is 0 Å². The number of hydrogen-bond acceptors (Lipinski definition) is 4. The Morgan fingerprint density at radius 2 is 1.64 bits per heavy atom. The highest BCUT2D eigenvalue weighted by atomic mass is 32.2. The second kappa shape index (κ2) is 7.70. The van der Waals surface area contributed by atoms with E-state index in [0.29, 0.717) is 6.04 Å². The number of carbonyl (C=O) groups excluding carboxylic acids is 1. The SMILES string of the molecule is CC(C)(C)OC(=O)N1CCC(N2c3ccccc3CSc3ccccc32)CC1. The van der Waals surface area contributed by atoms with E-state index < -0.39 is 5.60 Å². The maximum absolute atomic E-state index is 12.4. The lowest BCUT2D eigenvalue weighted by molar-refractivity contribution is 0.0206. The molecule has 0 N–H and O–H groups in total. The van der Waals surface area contributed by atoms with Crippen LogP contribution in [0.4, 0.5) is 16.2 Å². The number of piperidine rings is 1. The molecule has 0 saturated carbocycles. The molecule has 2 aliphatic rings. The Morgan fingerprint density at radius 1 is 1.00 bits per heavy atom. The highest BCUT2D eigenvalue weighted by Crippen LogP contribution is 2.44. The number of thioether (sulfide) groups is 1. The van der Waals surface area contributed by atoms with Gasteiger partial charge in [-0.3, -0.25) is 0 Å². The van der Waals surface area contributed by atoms with Crippen LogP contribution in [-0.4, -0.2) is 35.7 Å². The van der Waals surface area contributed by atoms with E-state index in [1.807, 2.05) is 37.4 Å². The van der Waals surface area contributed by atoms with Crippen molar-refractivity contribution in [1.29, 1.82) is 0 Å². The second-order valence-corrected chi connectivity index (χ2v) is 9.47. The van der Waals surface area contributed by atoms with Crippen molar-refractivity contribution >= 4 is 29.2 Å². The summed E-state index contributed by atoms with van der Waals surface area (Å²) >= 11 is 1.91. The predicted molar refractivity (Wildman–Crippen MR) is 115 cm³/mol. The maximum Gasteiger partial charge on any atom is 0.410 e. The van der Waals surface area contributed by atoms with Crippen molar-refractivity contribution < 1.29 is 9.53 Å². The summed E-state index contributed by atoms with van der Waals surface area (Å²) in [5.41, 5.74) is 3.51. The number of para-hydroxylation sites is 2. The van der Waals surface area contributed by atoms with Gasteiger partial charge in [0.2, 0.25) is 0 Å². The fourth-order valence-corrected chi connectivity index (χ4v) is 5.00. The van der Waals surface area contributed by atoms with Gasteiger partial charge in [0.1, 0.15) is 5.60 Å². The largest absolute Gasteiger partial charge is 0.444 e. The van der Waals surface area contributed by atoms with Crippen LogP contribution in [0.15, 0.2) is 53.4 Å². The topological polar surface area (TPSA) is 32.8 Å². The molecule has 2 aromatic rings. The number of rotatable bonds is 1. The lowest BCUT2D eigenvalue weighted by Crippen LogP contribution is -2.47. The first-order chi connectivity index (χ1) is 13.4. The minimum Gasteiger partial charge on any atom is -0.444 e. The average molecular weight is 397 g/mol. The van der Waals surface area contributed by atoms with Crippen LogP contribution < -0.4 is 4.90 Å². The number of amides is 1. The molecule has 0 bridgehead atoms. The molecule has 0 aliphatic carbocycles. The third kappa shape index (κ3) is 4.00. The molecular weight excluding hydrogens is 368 g/mol. The van der Waals surface area contributed by atoms with Gasteiger partial charge in [0, 0.05) is 35.5 Å². The number of fused-ring (bicyclic) bond motifs is 2. The van der Waals surface area contributed by atoms with Crippen LogP contribution in [-0.2, 0) is 10.5 Å². The lowest BCUT2D eigenvalue weighted by atomic mass is 10.00. The molecule has 2 aromatic carbocycles.